The van der Waals surface area contributed by atoms with Crippen molar-refractivity contribution in [3.05, 3.63) is 35.4 Å². The SMILES string of the molecule is CN(C(=O)CC(=O)O)C1CCCc2ccccc21. The van der Waals surface area contributed by atoms with Crippen LogP contribution in [0.1, 0.15) is 36.4 Å². The molecule has 2 rings (SSSR count). The molecule has 0 saturated carbocycles. The first-order chi connectivity index (χ1) is 8.59. The van der Waals surface area contributed by atoms with E-state index in [1.54, 1.807) is 11.9 Å². The summed E-state index contributed by atoms with van der Waals surface area (Å²) in [6.45, 7) is 0. The highest BCUT2D eigenvalue weighted by Crippen LogP contribution is 2.33. The van der Waals surface area contributed by atoms with Crippen molar-refractivity contribution in [2.45, 2.75) is 31.7 Å². The second kappa shape index (κ2) is 5.21. The summed E-state index contributed by atoms with van der Waals surface area (Å²) >= 11 is 0. The number of aryl methyl sites for hydroxylation is 1. The van der Waals surface area contributed by atoms with Gasteiger partial charge in [0.1, 0.15) is 6.42 Å². The van der Waals surface area contributed by atoms with Gasteiger partial charge in [-0.05, 0) is 30.4 Å². The van der Waals surface area contributed by atoms with Crippen LogP contribution in [0.5, 0.6) is 0 Å². The molecular weight excluding hydrogens is 230 g/mol. The number of fused-ring (bicyclic) bond motifs is 1. The summed E-state index contributed by atoms with van der Waals surface area (Å²) in [5.41, 5.74) is 2.42. The second-order valence-electron chi connectivity index (χ2n) is 4.68. The van der Waals surface area contributed by atoms with Crippen molar-refractivity contribution in [1.29, 1.82) is 0 Å². The first-order valence-corrected chi connectivity index (χ1v) is 6.15. The molecule has 4 nitrogen and oxygen atoms in total. The van der Waals surface area contributed by atoms with E-state index >= 15 is 0 Å². The highest BCUT2D eigenvalue weighted by atomic mass is 16.4. The van der Waals surface area contributed by atoms with Crippen LogP contribution in [0.4, 0.5) is 0 Å². The van der Waals surface area contributed by atoms with Crippen molar-refractivity contribution < 1.29 is 14.7 Å². The number of hydrogen-bond donors (Lipinski definition) is 1. The Bertz CT molecular complexity index is 470. The summed E-state index contributed by atoms with van der Waals surface area (Å²) in [7, 11) is 1.69. The lowest BCUT2D eigenvalue weighted by molar-refractivity contribution is -0.144. The third kappa shape index (κ3) is 2.53. The van der Waals surface area contributed by atoms with Gasteiger partial charge in [-0.25, -0.2) is 0 Å². The smallest absolute Gasteiger partial charge is 0.312 e. The summed E-state index contributed by atoms with van der Waals surface area (Å²) in [6, 6.07) is 8.09. The molecule has 1 aliphatic rings. The third-order valence-corrected chi connectivity index (χ3v) is 3.50. The Morgan fingerprint density at radius 3 is 2.83 bits per heavy atom. The van der Waals surface area contributed by atoms with Crippen molar-refractivity contribution in [2.24, 2.45) is 0 Å². The molecule has 0 aromatic heterocycles. The van der Waals surface area contributed by atoms with Gasteiger partial charge in [0.2, 0.25) is 5.91 Å². The Balaban J connectivity index is 2.19. The van der Waals surface area contributed by atoms with Crippen LogP contribution < -0.4 is 0 Å². The Hall–Kier alpha value is -1.84. The number of aliphatic carboxylic acids is 1. The molecule has 0 aliphatic heterocycles. The first kappa shape index (κ1) is 12.6. The van der Waals surface area contributed by atoms with Crippen LogP contribution in [0.3, 0.4) is 0 Å². The van der Waals surface area contributed by atoms with Crippen LogP contribution in [0.15, 0.2) is 24.3 Å². The average Bonchev–Trinajstić information content (AvgIpc) is 2.36. The van der Waals surface area contributed by atoms with Crippen LogP contribution in [0.2, 0.25) is 0 Å². The van der Waals surface area contributed by atoms with E-state index in [0.717, 1.165) is 24.8 Å². The van der Waals surface area contributed by atoms with E-state index in [9.17, 15) is 9.59 Å². The molecule has 0 spiro atoms. The zero-order chi connectivity index (χ0) is 13.1. The molecule has 4 heteroatoms. The van der Waals surface area contributed by atoms with E-state index in [1.165, 1.54) is 5.56 Å². The van der Waals surface area contributed by atoms with Gasteiger partial charge < -0.3 is 10.0 Å². The predicted molar refractivity (Wildman–Crippen MR) is 67.1 cm³/mol. The van der Waals surface area contributed by atoms with E-state index in [1.807, 2.05) is 18.2 Å². The number of carboxylic acid groups (broad SMARTS) is 1. The molecule has 0 fully saturated rings. The monoisotopic (exact) mass is 247 g/mol. The Labute approximate surface area is 106 Å². The summed E-state index contributed by atoms with van der Waals surface area (Å²) < 4.78 is 0. The van der Waals surface area contributed by atoms with E-state index in [2.05, 4.69) is 6.07 Å². The Kier molecular flexibility index (Phi) is 3.65. The number of benzene rings is 1. The minimum atomic E-state index is -1.07. The summed E-state index contributed by atoms with van der Waals surface area (Å²) in [5, 5.41) is 8.68. The largest absolute Gasteiger partial charge is 0.481 e. The van der Waals surface area contributed by atoms with E-state index in [-0.39, 0.29) is 11.9 Å². The molecule has 0 radical (unpaired) electrons. The molecule has 96 valence electrons. The highest BCUT2D eigenvalue weighted by Gasteiger charge is 2.27. The van der Waals surface area contributed by atoms with Gasteiger partial charge in [-0.1, -0.05) is 24.3 Å². The van der Waals surface area contributed by atoms with Gasteiger partial charge in [0.05, 0.1) is 6.04 Å². The summed E-state index contributed by atoms with van der Waals surface area (Å²) in [4.78, 5) is 24.0. The fraction of sp³-hybridized carbons (Fsp3) is 0.429. The summed E-state index contributed by atoms with van der Waals surface area (Å²) in [6.07, 6.45) is 2.54. The van der Waals surface area contributed by atoms with Gasteiger partial charge >= 0.3 is 5.97 Å². The lowest BCUT2D eigenvalue weighted by Gasteiger charge is -2.33. The molecule has 1 aromatic rings. The van der Waals surface area contributed by atoms with Crippen molar-refractivity contribution in [3.8, 4) is 0 Å². The van der Waals surface area contributed by atoms with Crippen molar-refractivity contribution in [2.75, 3.05) is 7.05 Å². The number of amides is 1. The predicted octanol–water partition coefficient (Wildman–Crippen LogP) is 2.00. The lowest BCUT2D eigenvalue weighted by Crippen LogP contribution is -2.34. The zero-order valence-electron chi connectivity index (χ0n) is 10.4. The van der Waals surface area contributed by atoms with Crippen LogP contribution in [-0.2, 0) is 16.0 Å². The molecular formula is C14H17NO3. The van der Waals surface area contributed by atoms with Crippen LogP contribution in [-0.4, -0.2) is 28.9 Å². The van der Waals surface area contributed by atoms with Gasteiger partial charge in [0.15, 0.2) is 0 Å². The number of hydrogen-bond acceptors (Lipinski definition) is 2. The topological polar surface area (TPSA) is 57.6 Å². The molecule has 1 aliphatic carbocycles. The van der Waals surface area contributed by atoms with Gasteiger partial charge in [-0.2, -0.15) is 0 Å². The first-order valence-electron chi connectivity index (χ1n) is 6.15. The molecule has 1 amide bonds. The fourth-order valence-electron chi connectivity index (χ4n) is 2.56. The minimum absolute atomic E-state index is 0.0156. The van der Waals surface area contributed by atoms with Crippen LogP contribution >= 0.6 is 0 Å². The molecule has 0 saturated heterocycles. The molecule has 0 heterocycles. The standard InChI is InChI=1S/C14H17NO3/c1-15(13(16)9-14(17)18)12-8-4-6-10-5-2-3-7-11(10)12/h2-3,5,7,12H,4,6,8-9H2,1H3,(H,17,18). The molecule has 1 unspecified atom stereocenters. The van der Waals surface area contributed by atoms with Crippen LogP contribution in [0.25, 0.3) is 0 Å². The van der Waals surface area contributed by atoms with E-state index < -0.39 is 12.4 Å². The Morgan fingerprint density at radius 2 is 2.11 bits per heavy atom. The zero-order valence-corrected chi connectivity index (χ0v) is 10.4. The van der Waals surface area contributed by atoms with E-state index in [0.29, 0.717) is 0 Å². The van der Waals surface area contributed by atoms with Crippen molar-refractivity contribution in [3.63, 3.8) is 0 Å². The van der Waals surface area contributed by atoms with Crippen molar-refractivity contribution in [1.82, 2.24) is 4.90 Å². The molecule has 1 N–H and O–H groups in total. The molecule has 0 bridgehead atoms. The maximum Gasteiger partial charge on any atom is 0.312 e. The third-order valence-electron chi connectivity index (χ3n) is 3.50. The fourth-order valence-corrected chi connectivity index (χ4v) is 2.56. The van der Waals surface area contributed by atoms with Crippen molar-refractivity contribution >= 4 is 11.9 Å². The Morgan fingerprint density at radius 1 is 1.39 bits per heavy atom. The maximum atomic E-state index is 11.8. The molecule has 1 aromatic carbocycles. The highest BCUT2D eigenvalue weighted by molar-refractivity contribution is 5.93. The number of carboxylic acids is 1. The lowest BCUT2D eigenvalue weighted by atomic mass is 9.87. The van der Waals surface area contributed by atoms with Gasteiger partial charge in [0, 0.05) is 7.05 Å². The van der Waals surface area contributed by atoms with E-state index in [4.69, 9.17) is 5.11 Å². The molecule has 1 atom stereocenters. The quantitative estimate of drug-likeness (QED) is 0.831. The number of carbonyl (C=O) groups is 2. The van der Waals surface area contributed by atoms with Crippen LogP contribution in [0, 0.1) is 0 Å². The van der Waals surface area contributed by atoms with Gasteiger partial charge in [0.25, 0.3) is 0 Å². The normalized spacial score (nSPS) is 17.9. The average molecular weight is 247 g/mol. The summed E-state index contributed by atoms with van der Waals surface area (Å²) in [5.74, 6) is -1.40. The van der Waals surface area contributed by atoms with Gasteiger partial charge in [-0.15, -0.1) is 0 Å². The number of carbonyl (C=O) groups excluding carboxylic acids is 1. The minimum Gasteiger partial charge on any atom is -0.481 e. The maximum absolute atomic E-state index is 11.8. The van der Waals surface area contributed by atoms with Gasteiger partial charge in [-0.3, -0.25) is 9.59 Å². The number of nitrogens with zero attached hydrogens (tertiary/aromatic N) is 1. The second-order valence-corrected chi connectivity index (χ2v) is 4.68. The number of rotatable bonds is 3. The molecule has 18 heavy (non-hydrogen) atoms.